The molecule has 1 aliphatic rings. The molecule has 0 radical (unpaired) electrons. The minimum atomic E-state index is -1.02. The average molecular weight is 377 g/mol. The topological polar surface area (TPSA) is 103 Å². The summed E-state index contributed by atoms with van der Waals surface area (Å²) < 4.78 is 5.42. The number of carbonyl (C=O) groups is 2. The fraction of sp³-hybridized carbons (Fsp3) is 0.632. The maximum absolute atomic E-state index is 11.8. The molecular formula is C19H27N3O5. The highest BCUT2D eigenvalue weighted by atomic mass is 16.6. The van der Waals surface area contributed by atoms with Gasteiger partial charge < -0.3 is 9.64 Å². The smallest absolute Gasteiger partial charge is 0.311 e. The van der Waals surface area contributed by atoms with Crippen molar-refractivity contribution in [3.8, 4) is 0 Å². The molecule has 0 saturated carbocycles. The van der Waals surface area contributed by atoms with E-state index in [-0.39, 0.29) is 40.6 Å². The Morgan fingerprint density at radius 1 is 1.30 bits per heavy atom. The van der Waals surface area contributed by atoms with E-state index in [1.165, 1.54) is 26.1 Å². The Hall–Kier alpha value is -2.35. The Balaban J connectivity index is 2.50. The standard InChI is InChI=1S/C19H27N3O5/c1-12(2)11-21(16-5-7-27-8-6-16)19-17(22(25)26)9-15(10-20-19)18(13(3)23)14(4)24/h9-10,12,16,18H,5-8,11H2,1-4H3. The molecule has 0 unspecified atom stereocenters. The third kappa shape index (κ3) is 5.09. The van der Waals surface area contributed by atoms with Gasteiger partial charge in [-0.1, -0.05) is 13.8 Å². The number of nitrogens with zero attached hydrogens (tertiary/aromatic N) is 3. The minimum absolute atomic E-state index is 0.106. The third-order valence-electron chi connectivity index (χ3n) is 4.68. The van der Waals surface area contributed by atoms with Crippen molar-refractivity contribution in [3.63, 3.8) is 0 Å². The first-order valence-corrected chi connectivity index (χ1v) is 9.22. The van der Waals surface area contributed by atoms with Crippen molar-refractivity contribution < 1.29 is 19.2 Å². The van der Waals surface area contributed by atoms with Crippen molar-refractivity contribution in [1.29, 1.82) is 0 Å². The van der Waals surface area contributed by atoms with Gasteiger partial charge in [0.25, 0.3) is 0 Å². The van der Waals surface area contributed by atoms with Gasteiger partial charge in [-0.3, -0.25) is 19.7 Å². The van der Waals surface area contributed by atoms with Gasteiger partial charge in [-0.2, -0.15) is 0 Å². The van der Waals surface area contributed by atoms with Crippen LogP contribution in [-0.2, 0) is 14.3 Å². The highest BCUT2D eigenvalue weighted by Crippen LogP contribution is 2.33. The van der Waals surface area contributed by atoms with E-state index in [1.54, 1.807) is 0 Å². The van der Waals surface area contributed by atoms with E-state index in [9.17, 15) is 19.7 Å². The fourth-order valence-corrected chi connectivity index (χ4v) is 3.53. The SMILES string of the molecule is CC(=O)C(C(C)=O)c1cnc(N(CC(C)C)C2CCOCC2)c([N+](=O)[O-])c1. The first-order chi connectivity index (χ1) is 12.7. The second-order valence-electron chi connectivity index (χ2n) is 7.41. The van der Waals surface area contributed by atoms with Crippen molar-refractivity contribution in [2.45, 2.75) is 52.5 Å². The normalized spacial score (nSPS) is 15.2. The molecule has 1 aliphatic heterocycles. The van der Waals surface area contributed by atoms with Crippen molar-refractivity contribution in [2.24, 2.45) is 5.92 Å². The van der Waals surface area contributed by atoms with E-state index in [0.29, 0.717) is 19.8 Å². The van der Waals surface area contributed by atoms with Gasteiger partial charge in [0.05, 0.1) is 4.92 Å². The second kappa shape index (κ2) is 9.03. The Morgan fingerprint density at radius 3 is 2.37 bits per heavy atom. The Labute approximate surface area is 159 Å². The lowest BCUT2D eigenvalue weighted by Crippen LogP contribution is -2.42. The monoisotopic (exact) mass is 377 g/mol. The summed E-state index contributed by atoms with van der Waals surface area (Å²) in [5.74, 6) is -1.15. The van der Waals surface area contributed by atoms with Crippen LogP contribution in [0.2, 0.25) is 0 Å². The number of nitro groups is 1. The van der Waals surface area contributed by atoms with Gasteiger partial charge in [0, 0.05) is 38.1 Å². The molecule has 1 aromatic heterocycles. The Kier molecular flexibility index (Phi) is 7.01. The summed E-state index contributed by atoms with van der Waals surface area (Å²) in [7, 11) is 0. The van der Waals surface area contributed by atoms with Crippen LogP contribution >= 0.6 is 0 Å². The lowest BCUT2D eigenvalue weighted by molar-refractivity contribution is -0.384. The van der Waals surface area contributed by atoms with Crippen LogP contribution < -0.4 is 4.90 Å². The number of anilines is 1. The van der Waals surface area contributed by atoms with Crippen LogP contribution in [0, 0.1) is 16.0 Å². The number of ketones is 2. The Morgan fingerprint density at radius 2 is 1.89 bits per heavy atom. The summed E-state index contributed by atoms with van der Waals surface area (Å²) >= 11 is 0. The molecule has 0 atom stereocenters. The van der Waals surface area contributed by atoms with E-state index < -0.39 is 10.8 Å². The number of Topliss-reactive ketones (excluding diaryl/α,β-unsaturated/α-hetero) is 2. The molecule has 2 rings (SSSR count). The van der Waals surface area contributed by atoms with Gasteiger partial charge in [-0.05, 0) is 38.2 Å². The molecule has 0 N–H and O–H groups in total. The van der Waals surface area contributed by atoms with Crippen LogP contribution in [0.3, 0.4) is 0 Å². The van der Waals surface area contributed by atoms with Crippen LogP contribution in [0.15, 0.2) is 12.3 Å². The molecule has 1 aromatic rings. The molecule has 27 heavy (non-hydrogen) atoms. The number of rotatable bonds is 8. The number of ether oxygens (including phenoxy) is 1. The molecule has 0 amide bonds. The Bertz CT molecular complexity index is 699. The van der Waals surface area contributed by atoms with Crippen molar-refractivity contribution in [1.82, 2.24) is 4.98 Å². The zero-order valence-corrected chi connectivity index (χ0v) is 16.3. The highest BCUT2D eigenvalue weighted by molar-refractivity contribution is 6.05. The van der Waals surface area contributed by atoms with Crippen molar-refractivity contribution >= 4 is 23.1 Å². The van der Waals surface area contributed by atoms with E-state index in [2.05, 4.69) is 4.98 Å². The molecular weight excluding hydrogens is 350 g/mol. The van der Waals surface area contributed by atoms with Crippen molar-refractivity contribution in [3.05, 3.63) is 27.9 Å². The molecule has 0 aliphatic carbocycles. The quantitative estimate of drug-likeness (QED) is 0.390. The highest BCUT2D eigenvalue weighted by Gasteiger charge is 2.31. The zero-order valence-electron chi connectivity index (χ0n) is 16.3. The van der Waals surface area contributed by atoms with Crippen LogP contribution in [-0.4, -0.2) is 47.3 Å². The van der Waals surface area contributed by atoms with E-state index in [1.807, 2.05) is 18.7 Å². The van der Waals surface area contributed by atoms with Gasteiger partial charge in [0.15, 0.2) is 0 Å². The first-order valence-electron chi connectivity index (χ1n) is 9.22. The van der Waals surface area contributed by atoms with Crippen LogP contribution in [0.4, 0.5) is 11.5 Å². The lowest BCUT2D eigenvalue weighted by atomic mass is 9.93. The maximum atomic E-state index is 11.8. The molecule has 1 fully saturated rings. The molecule has 8 nitrogen and oxygen atoms in total. The zero-order chi connectivity index (χ0) is 20.1. The molecule has 0 bridgehead atoms. The van der Waals surface area contributed by atoms with Crippen LogP contribution in [0.25, 0.3) is 0 Å². The van der Waals surface area contributed by atoms with Gasteiger partial charge in [-0.15, -0.1) is 0 Å². The second-order valence-corrected chi connectivity index (χ2v) is 7.41. The first kappa shape index (κ1) is 21.0. The summed E-state index contributed by atoms with van der Waals surface area (Å²) in [5.41, 5.74) is 0.0917. The van der Waals surface area contributed by atoms with Gasteiger partial charge in [0.1, 0.15) is 17.5 Å². The van der Waals surface area contributed by atoms with Gasteiger partial charge in [0.2, 0.25) is 5.82 Å². The summed E-state index contributed by atoms with van der Waals surface area (Å²) in [6.45, 7) is 8.56. The molecule has 1 saturated heterocycles. The summed E-state index contributed by atoms with van der Waals surface area (Å²) in [4.78, 5) is 41.3. The largest absolute Gasteiger partial charge is 0.381 e. The number of hydrogen-bond donors (Lipinski definition) is 0. The predicted molar refractivity (Wildman–Crippen MR) is 101 cm³/mol. The minimum Gasteiger partial charge on any atom is -0.381 e. The lowest BCUT2D eigenvalue weighted by Gasteiger charge is -2.36. The average Bonchev–Trinajstić information content (AvgIpc) is 2.59. The number of pyridine rings is 1. The van der Waals surface area contributed by atoms with Gasteiger partial charge in [-0.25, -0.2) is 4.98 Å². The summed E-state index contributed by atoms with van der Waals surface area (Å²) in [5, 5.41) is 11.8. The van der Waals surface area contributed by atoms with Crippen LogP contribution in [0.1, 0.15) is 52.0 Å². The van der Waals surface area contributed by atoms with Crippen molar-refractivity contribution in [2.75, 3.05) is 24.7 Å². The molecule has 0 spiro atoms. The summed E-state index contributed by atoms with van der Waals surface area (Å²) in [6, 6.07) is 1.43. The van der Waals surface area contributed by atoms with E-state index >= 15 is 0 Å². The molecule has 2 heterocycles. The molecule has 148 valence electrons. The number of aromatic nitrogens is 1. The third-order valence-corrected chi connectivity index (χ3v) is 4.68. The maximum Gasteiger partial charge on any atom is 0.311 e. The van der Waals surface area contributed by atoms with Crippen LogP contribution in [0.5, 0.6) is 0 Å². The molecule has 8 heteroatoms. The van der Waals surface area contributed by atoms with E-state index in [4.69, 9.17) is 4.74 Å². The molecule has 0 aromatic carbocycles. The summed E-state index contributed by atoms with van der Waals surface area (Å²) in [6.07, 6.45) is 2.97. The van der Waals surface area contributed by atoms with E-state index in [0.717, 1.165) is 12.8 Å². The fourth-order valence-electron chi connectivity index (χ4n) is 3.53. The van der Waals surface area contributed by atoms with Gasteiger partial charge >= 0.3 is 5.69 Å². The number of carbonyl (C=O) groups excluding carboxylic acids is 2. The number of hydrogen-bond acceptors (Lipinski definition) is 7. The predicted octanol–water partition coefficient (Wildman–Crippen LogP) is 2.89.